The minimum absolute atomic E-state index is 0.00851. The number of hydrogen-bond donors (Lipinski definition) is 0. The van der Waals surface area contributed by atoms with Crippen LogP contribution in [-0.4, -0.2) is 14.5 Å². The zero-order valence-electron chi connectivity index (χ0n) is 26.5. The van der Waals surface area contributed by atoms with Crippen LogP contribution >= 0.6 is 0 Å². The molecule has 0 amide bonds. The third-order valence-electron chi connectivity index (χ3n) is 8.81. The molecule has 4 aromatic carbocycles. The molecule has 7 aromatic rings. The lowest BCUT2D eigenvalue weighted by atomic mass is 9.77. The van der Waals surface area contributed by atoms with Crippen molar-refractivity contribution >= 4 is 21.8 Å². The molecule has 0 bridgehead atoms. The van der Waals surface area contributed by atoms with Crippen molar-refractivity contribution < 1.29 is 4.74 Å². The Balaban J connectivity index is 1.37. The highest BCUT2D eigenvalue weighted by molar-refractivity contribution is 6.09. The van der Waals surface area contributed by atoms with Crippen LogP contribution in [0.25, 0.3) is 38.9 Å². The topological polar surface area (TPSA) is 39.9 Å². The van der Waals surface area contributed by atoms with Gasteiger partial charge in [0.2, 0.25) is 0 Å². The standard InChI is InChI=1S/C41H37N3O/c1-40(2,3)30-20-22-43-39(26-30)44-37-17-10-9-15-34(37)35-19-18-32(27-38(35)44)45-33-24-28(36-16-11-12-21-42-36)23-31(25-33)41(4,5)29-13-7-6-8-14-29/h6-27H,1-5H3. The van der Waals surface area contributed by atoms with Gasteiger partial charge in [0.15, 0.2) is 0 Å². The first-order valence-corrected chi connectivity index (χ1v) is 15.5. The summed E-state index contributed by atoms with van der Waals surface area (Å²) in [6, 6.07) is 42.3. The highest BCUT2D eigenvalue weighted by Gasteiger charge is 2.25. The molecular weight excluding hydrogens is 550 g/mol. The molecule has 0 aliphatic rings. The molecule has 4 nitrogen and oxygen atoms in total. The van der Waals surface area contributed by atoms with Crippen LogP contribution in [0.2, 0.25) is 0 Å². The SMILES string of the molecule is CC(C)(C)c1ccnc(-n2c3ccccc3c3ccc(Oc4cc(-c5ccccn5)cc(C(C)(C)c5ccccc5)c4)cc32)c1. The van der Waals surface area contributed by atoms with Crippen molar-refractivity contribution in [1.82, 2.24) is 14.5 Å². The number of benzene rings is 4. The van der Waals surface area contributed by atoms with E-state index in [9.17, 15) is 0 Å². The number of aromatic nitrogens is 3. The summed E-state index contributed by atoms with van der Waals surface area (Å²) in [5, 5.41) is 2.35. The van der Waals surface area contributed by atoms with E-state index in [0.29, 0.717) is 0 Å². The zero-order valence-corrected chi connectivity index (χ0v) is 26.5. The molecule has 0 saturated heterocycles. The second-order valence-electron chi connectivity index (χ2n) is 13.2. The van der Waals surface area contributed by atoms with Gasteiger partial charge in [-0.1, -0.05) is 89.2 Å². The molecule has 0 atom stereocenters. The molecule has 0 aliphatic heterocycles. The quantitative estimate of drug-likeness (QED) is 0.194. The summed E-state index contributed by atoms with van der Waals surface area (Å²) in [4.78, 5) is 9.50. The van der Waals surface area contributed by atoms with Crippen LogP contribution in [0.4, 0.5) is 0 Å². The Morgan fingerprint density at radius 1 is 0.533 bits per heavy atom. The molecule has 4 heteroatoms. The summed E-state index contributed by atoms with van der Waals surface area (Å²) in [5.41, 5.74) is 7.50. The minimum Gasteiger partial charge on any atom is -0.457 e. The molecule has 0 N–H and O–H groups in total. The Morgan fingerprint density at radius 2 is 1.29 bits per heavy atom. The van der Waals surface area contributed by atoms with Crippen molar-refractivity contribution in [3.8, 4) is 28.6 Å². The van der Waals surface area contributed by atoms with Crippen molar-refractivity contribution in [3.05, 3.63) is 150 Å². The Labute approximate surface area is 265 Å². The summed E-state index contributed by atoms with van der Waals surface area (Å²) in [6.07, 6.45) is 3.75. The van der Waals surface area contributed by atoms with Gasteiger partial charge in [-0.3, -0.25) is 9.55 Å². The van der Waals surface area contributed by atoms with Crippen molar-refractivity contribution in [2.75, 3.05) is 0 Å². The molecule has 222 valence electrons. The first kappa shape index (κ1) is 28.5. The molecule has 0 spiro atoms. The third-order valence-corrected chi connectivity index (χ3v) is 8.81. The van der Waals surface area contributed by atoms with E-state index >= 15 is 0 Å². The van der Waals surface area contributed by atoms with Crippen LogP contribution in [0, 0.1) is 0 Å². The highest BCUT2D eigenvalue weighted by atomic mass is 16.5. The van der Waals surface area contributed by atoms with Gasteiger partial charge in [0, 0.05) is 40.2 Å². The second-order valence-corrected chi connectivity index (χ2v) is 13.2. The van der Waals surface area contributed by atoms with E-state index in [0.717, 1.165) is 50.6 Å². The van der Waals surface area contributed by atoms with E-state index in [1.54, 1.807) is 0 Å². The summed E-state index contributed by atoms with van der Waals surface area (Å²) >= 11 is 0. The van der Waals surface area contributed by atoms with Gasteiger partial charge in [-0.25, -0.2) is 4.98 Å². The van der Waals surface area contributed by atoms with Gasteiger partial charge in [-0.2, -0.15) is 0 Å². The maximum Gasteiger partial charge on any atom is 0.137 e. The Morgan fingerprint density at radius 3 is 2.07 bits per heavy atom. The lowest BCUT2D eigenvalue weighted by Crippen LogP contribution is -2.19. The van der Waals surface area contributed by atoms with Crippen LogP contribution in [0.1, 0.15) is 51.3 Å². The molecular formula is C41H37N3O. The summed E-state index contributed by atoms with van der Waals surface area (Å²) in [5.74, 6) is 2.43. The minimum atomic E-state index is -0.246. The van der Waals surface area contributed by atoms with Crippen LogP contribution in [-0.2, 0) is 10.8 Å². The molecule has 0 saturated carbocycles. The first-order chi connectivity index (χ1) is 21.7. The highest BCUT2D eigenvalue weighted by Crippen LogP contribution is 2.39. The normalized spacial score (nSPS) is 12.1. The molecule has 0 fully saturated rings. The Kier molecular flexibility index (Phi) is 7.01. The van der Waals surface area contributed by atoms with Crippen molar-refractivity contribution in [1.29, 1.82) is 0 Å². The molecule has 7 rings (SSSR count). The number of pyridine rings is 2. The largest absolute Gasteiger partial charge is 0.457 e. The van der Waals surface area contributed by atoms with Crippen LogP contribution in [0.15, 0.2) is 134 Å². The molecule has 0 aliphatic carbocycles. The number of rotatable bonds is 6. The van der Waals surface area contributed by atoms with E-state index in [-0.39, 0.29) is 10.8 Å². The van der Waals surface area contributed by atoms with Gasteiger partial charge < -0.3 is 4.74 Å². The summed E-state index contributed by atoms with van der Waals surface area (Å²) < 4.78 is 8.97. The second kappa shape index (κ2) is 11.0. The van der Waals surface area contributed by atoms with Gasteiger partial charge in [-0.05, 0) is 82.8 Å². The predicted molar refractivity (Wildman–Crippen MR) is 186 cm³/mol. The average Bonchev–Trinajstić information content (AvgIpc) is 3.38. The summed E-state index contributed by atoms with van der Waals surface area (Å²) in [6.45, 7) is 11.2. The number of nitrogens with zero attached hydrogens (tertiary/aromatic N) is 3. The molecule has 0 radical (unpaired) electrons. The monoisotopic (exact) mass is 587 g/mol. The smallest absolute Gasteiger partial charge is 0.137 e. The van der Waals surface area contributed by atoms with Crippen molar-refractivity contribution in [2.24, 2.45) is 0 Å². The van der Waals surface area contributed by atoms with Crippen LogP contribution in [0.5, 0.6) is 11.5 Å². The van der Waals surface area contributed by atoms with Gasteiger partial charge in [-0.15, -0.1) is 0 Å². The fourth-order valence-electron chi connectivity index (χ4n) is 6.13. The van der Waals surface area contributed by atoms with E-state index < -0.39 is 0 Å². The van der Waals surface area contributed by atoms with Gasteiger partial charge in [0.25, 0.3) is 0 Å². The Bertz CT molecular complexity index is 2140. The lowest BCUT2D eigenvalue weighted by Gasteiger charge is -2.27. The van der Waals surface area contributed by atoms with Crippen molar-refractivity contribution in [2.45, 2.75) is 45.4 Å². The number of fused-ring (bicyclic) bond motifs is 3. The van der Waals surface area contributed by atoms with E-state index in [2.05, 4.69) is 147 Å². The third kappa shape index (κ3) is 5.38. The predicted octanol–water partition coefficient (Wildman–Crippen LogP) is 10.7. The van der Waals surface area contributed by atoms with E-state index in [1.807, 2.05) is 30.6 Å². The zero-order chi connectivity index (χ0) is 31.2. The van der Waals surface area contributed by atoms with E-state index in [4.69, 9.17) is 9.72 Å². The Hall–Kier alpha value is -5.22. The lowest BCUT2D eigenvalue weighted by molar-refractivity contribution is 0.480. The molecule has 0 unspecified atom stereocenters. The van der Waals surface area contributed by atoms with E-state index in [1.165, 1.54) is 16.5 Å². The fourth-order valence-corrected chi connectivity index (χ4v) is 6.13. The van der Waals surface area contributed by atoms with Gasteiger partial charge in [0.1, 0.15) is 17.3 Å². The van der Waals surface area contributed by atoms with Crippen molar-refractivity contribution in [3.63, 3.8) is 0 Å². The average molecular weight is 588 g/mol. The van der Waals surface area contributed by atoms with Gasteiger partial charge >= 0.3 is 0 Å². The maximum atomic E-state index is 6.72. The number of para-hydroxylation sites is 1. The van der Waals surface area contributed by atoms with Crippen LogP contribution < -0.4 is 4.74 Å². The molecule has 45 heavy (non-hydrogen) atoms. The fraction of sp³-hybridized carbons (Fsp3) is 0.171. The number of hydrogen-bond acceptors (Lipinski definition) is 3. The number of ether oxygens (including phenoxy) is 1. The first-order valence-electron chi connectivity index (χ1n) is 15.5. The maximum absolute atomic E-state index is 6.72. The molecule has 3 heterocycles. The van der Waals surface area contributed by atoms with Crippen LogP contribution in [0.3, 0.4) is 0 Å². The summed E-state index contributed by atoms with van der Waals surface area (Å²) in [7, 11) is 0. The van der Waals surface area contributed by atoms with Gasteiger partial charge in [0.05, 0.1) is 16.7 Å². The molecule has 3 aromatic heterocycles.